The summed E-state index contributed by atoms with van der Waals surface area (Å²) in [6.07, 6.45) is 18.8. The number of carbonyl (C=O) groups excluding carboxylic acids is 6. The second kappa shape index (κ2) is 37.2. The van der Waals surface area contributed by atoms with Crippen molar-refractivity contribution >= 4 is 41.4 Å². The van der Waals surface area contributed by atoms with Gasteiger partial charge in [0.1, 0.15) is 23.9 Å². The number of aliphatic carboxylic acids is 1. The molecule has 0 heterocycles. The zero-order chi connectivity index (χ0) is 45.0. The van der Waals surface area contributed by atoms with Crippen molar-refractivity contribution in [1.29, 1.82) is 0 Å². The molecule has 348 valence electrons. The molecule has 0 aromatic carbocycles. The van der Waals surface area contributed by atoms with Crippen LogP contribution in [0.5, 0.6) is 0 Å². The lowest BCUT2D eigenvalue weighted by Crippen LogP contribution is -2.42. The minimum atomic E-state index is -0.862. The van der Waals surface area contributed by atoms with Gasteiger partial charge in [-0.2, -0.15) is 0 Å². The molecule has 0 saturated carbocycles. The maximum absolute atomic E-state index is 12.9. The summed E-state index contributed by atoms with van der Waals surface area (Å²) in [4.78, 5) is 85.0. The van der Waals surface area contributed by atoms with Gasteiger partial charge in [0.15, 0.2) is 0 Å². The Morgan fingerprint density at radius 1 is 0.483 bits per heavy atom. The highest BCUT2D eigenvalue weighted by molar-refractivity contribution is 5.85. The quantitative estimate of drug-likeness (QED) is 0.0302. The van der Waals surface area contributed by atoms with Gasteiger partial charge in [0.25, 0.3) is 0 Å². The number of hydrogen-bond donors (Lipinski definition) is 5. The molecule has 0 spiro atoms. The highest BCUT2D eigenvalue weighted by Gasteiger charge is 2.24. The van der Waals surface area contributed by atoms with Crippen LogP contribution in [0.15, 0.2) is 0 Å². The Bertz CT molecular complexity index is 1210. The van der Waals surface area contributed by atoms with Crippen LogP contribution >= 0.6 is 0 Å². The van der Waals surface area contributed by atoms with Crippen LogP contribution in [-0.4, -0.2) is 91.5 Å². The Balaban J connectivity index is 4.18. The van der Waals surface area contributed by atoms with Crippen LogP contribution in [0.2, 0.25) is 0 Å². The lowest BCUT2D eigenvalue weighted by atomic mass is 10.0. The minimum Gasteiger partial charge on any atom is -0.480 e. The van der Waals surface area contributed by atoms with Gasteiger partial charge in [-0.3, -0.25) is 19.2 Å². The molecule has 3 atom stereocenters. The number of ketones is 1. The highest BCUT2D eigenvalue weighted by Crippen LogP contribution is 2.13. The van der Waals surface area contributed by atoms with Crippen LogP contribution in [0.1, 0.15) is 195 Å². The van der Waals surface area contributed by atoms with E-state index in [0.717, 1.165) is 103 Å². The number of unbranched alkanes of at least 4 members (excludes halogenated alkanes) is 14. The van der Waals surface area contributed by atoms with E-state index in [0.29, 0.717) is 64.3 Å². The summed E-state index contributed by atoms with van der Waals surface area (Å²) in [5.74, 6) is -1.34. The Hall–Kier alpha value is -3.55. The SMILES string of the molecule is CNC(CCCCNC(=O)CCCCCCCCC(=O)NC(CC(C)C)C(=O)OCCCCCCOC(=O)C(CC(C)C)NC(=O)CCCCCCCCC(C)=O)C(=O)O. The molecule has 0 aromatic rings. The van der Waals surface area contributed by atoms with E-state index in [-0.39, 0.29) is 48.6 Å². The third kappa shape index (κ3) is 34.2. The van der Waals surface area contributed by atoms with Crippen molar-refractivity contribution in [2.45, 2.75) is 213 Å². The summed E-state index contributed by atoms with van der Waals surface area (Å²) in [7, 11) is 1.63. The lowest BCUT2D eigenvalue weighted by Gasteiger charge is -2.20. The van der Waals surface area contributed by atoms with Crippen molar-refractivity contribution in [2.75, 3.05) is 26.8 Å². The first-order valence-corrected chi connectivity index (χ1v) is 23.2. The Morgan fingerprint density at radius 2 is 0.867 bits per heavy atom. The van der Waals surface area contributed by atoms with Crippen molar-refractivity contribution in [1.82, 2.24) is 21.3 Å². The van der Waals surface area contributed by atoms with Crippen LogP contribution < -0.4 is 21.3 Å². The van der Waals surface area contributed by atoms with Gasteiger partial charge in [0.2, 0.25) is 17.7 Å². The number of rotatable bonds is 40. The minimum absolute atomic E-state index is 0.0172. The van der Waals surface area contributed by atoms with Gasteiger partial charge >= 0.3 is 17.9 Å². The lowest BCUT2D eigenvalue weighted by molar-refractivity contribution is -0.149. The molecule has 0 bridgehead atoms. The summed E-state index contributed by atoms with van der Waals surface area (Å²) >= 11 is 0. The predicted octanol–water partition coefficient (Wildman–Crippen LogP) is 7.48. The Labute approximate surface area is 362 Å². The molecule has 3 amide bonds. The molecule has 14 heteroatoms. The molecule has 0 radical (unpaired) electrons. The number of carbonyl (C=O) groups is 7. The third-order valence-electron chi connectivity index (χ3n) is 10.3. The Kier molecular flexibility index (Phi) is 35.0. The van der Waals surface area contributed by atoms with E-state index >= 15 is 0 Å². The van der Waals surface area contributed by atoms with E-state index in [9.17, 15) is 33.6 Å². The van der Waals surface area contributed by atoms with Gasteiger partial charge in [0.05, 0.1) is 13.2 Å². The van der Waals surface area contributed by atoms with Crippen molar-refractivity contribution in [3.8, 4) is 0 Å². The number of likely N-dealkylation sites (N-methyl/N-ethyl adjacent to an activating group) is 1. The third-order valence-corrected chi connectivity index (χ3v) is 10.3. The van der Waals surface area contributed by atoms with E-state index in [1.54, 1.807) is 14.0 Å². The predicted molar refractivity (Wildman–Crippen MR) is 235 cm³/mol. The first-order chi connectivity index (χ1) is 28.7. The second-order valence-corrected chi connectivity index (χ2v) is 17.2. The smallest absolute Gasteiger partial charge is 0.328 e. The number of carboxylic acids is 1. The van der Waals surface area contributed by atoms with Crippen molar-refractivity contribution in [2.24, 2.45) is 11.8 Å². The van der Waals surface area contributed by atoms with Gasteiger partial charge in [-0.05, 0) is 109 Å². The van der Waals surface area contributed by atoms with Crippen molar-refractivity contribution < 1.29 is 48.1 Å². The van der Waals surface area contributed by atoms with Crippen LogP contribution in [0, 0.1) is 11.8 Å². The number of nitrogens with one attached hydrogen (secondary N) is 4. The number of carboxylic acid groups (broad SMARTS) is 1. The fourth-order valence-electron chi connectivity index (χ4n) is 6.83. The molecule has 3 unspecified atom stereocenters. The molecule has 5 N–H and O–H groups in total. The van der Waals surface area contributed by atoms with Crippen molar-refractivity contribution in [3.63, 3.8) is 0 Å². The fourth-order valence-corrected chi connectivity index (χ4v) is 6.83. The number of ether oxygens (including phenoxy) is 2. The standard InChI is InChI=1S/C46H84N4O10/c1-35(2)33-39(49-42(53)28-19-13-8-7-11-17-25-37(5)51)45(57)59-31-23-15-16-24-32-60-46(58)40(34-36(3)4)50-43(54)29-20-14-10-9-12-18-27-41(52)48-30-22-21-26-38(47-6)44(55)56/h35-36,38-40,47H,7-34H2,1-6H3,(H,48,52)(H,49,53)(H,50,54)(H,55,56). The summed E-state index contributed by atoms with van der Waals surface area (Å²) in [6, 6.07) is -1.91. The van der Waals surface area contributed by atoms with Crippen LogP contribution in [0.4, 0.5) is 0 Å². The maximum Gasteiger partial charge on any atom is 0.328 e. The van der Waals surface area contributed by atoms with Crippen LogP contribution in [0.3, 0.4) is 0 Å². The molecule has 14 nitrogen and oxygen atoms in total. The van der Waals surface area contributed by atoms with Gasteiger partial charge in [-0.15, -0.1) is 0 Å². The zero-order valence-electron chi connectivity index (χ0n) is 38.3. The number of esters is 2. The molecule has 0 fully saturated rings. The summed E-state index contributed by atoms with van der Waals surface area (Å²) in [6.45, 7) is 10.7. The molecule has 0 aliphatic rings. The molecule has 60 heavy (non-hydrogen) atoms. The molecular formula is C46H84N4O10. The average molecular weight is 853 g/mol. The second-order valence-electron chi connectivity index (χ2n) is 17.2. The first kappa shape index (κ1) is 56.5. The van der Waals surface area contributed by atoms with E-state index in [2.05, 4.69) is 21.3 Å². The molecule has 0 saturated heterocycles. The van der Waals surface area contributed by atoms with Crippen LogP contribution in [0.25, 0.3) is 0 Å². The highest BCUT2D eigenvalue weighted by atomic mass is 16.5. The monoisotopic (exact) mass is 853 g/mol. The molecule has 0 aromatic heterocycles. The molecule has 0 aliphatic heterocycles. The van der Waals surface area contributed by atoms with E-state index < -0.39 is 36.0 Å². The van der Waals surface area contributed by atoms with Gasteiger partial charge in [-0.1, -0.05) is 79.1 Å². The maximum atomic E-state index is 12.9. The topological polar surface area (TPSA) is 206 Å². The summed E-state index contributed by atoms with van der Waals surface area (Å²) in [5, 5.41) is 20.5. The molecule has 0 rings (SSSR count). The molecular weight excluding hydrogens is 769 g/mol. The number of Topliss-reactive ketones (excluding diaryl/α,β-unsaturated/α-hetero) is 1. The molecule has 0 aliphatic carbocycles. The largest absolute Gasteiger partial charge is 0.480 e. The van der Waals surface area contributed by atoms with Gasteiger partial charge in [-0.25, -0.2) is 9.59 Å². The van der Waals surface area contributed by atoms with Crippen molar-refractivity contribution in [3.05, 3.63) is 0 Å². The zero-order valence-corrected chi connectivity index (χ0v) is 38.3. The normalized spacial score (nSPS) is 12.7. The van der Waals surface area contributed by atoms with E-state index in [1.165, 1.54) is 0 Å². The van der Waals surface area contributed by atoms with E-state index in [1.807, 2.05) is 27.7 Å². The first-order valence-electron chi connectivity index (χ1n) is 23.2. The number of hydrogen-bond acceptors (Lipinski definition) is 10. The Morgan fingerprint density at radius 3 is 1.25 bits per heavy atom. The average Bonchev–Trinajstić information content (AvgIpc) is 3.17. The van der Waals surface area contributed by atoms with Gasteiger partial charge in [0, 0.05) is 32.2 Å². The van der Waals surface area contributed by atoms with Crippen LogP contribution in [-0.2, 0) is 43.0 Å². The number of amides is 3. The fraction of sp³-hybridized carbons (Fsp3) is 0.848. The summed E-state index contributed by atoms with van der Waals surface area (Å²) < 4.78 is 11.0. The summed E-state index contributed by atoms with van der Waals surface area (Å²) in [5.41, 5.74) is 0. The van der Waals surface area contributed by atoms with E-state index in [4.69, 9.17) is 14.6 Å². The van der Waals surface area contributed by atoms with Gasteiger partial charge < -0.3 is 40.6 Å².